The maximum atomic E-state index is 11.4. The van der Waals surface area contributed by atoms with Crippen molar-refractivity contribution in [3.63, 3.8) is 0 Å². The second-order valence-electron chi connectivity index (χ2n) is 2.74. The zero-order valence-electron chi connectivity index (χ0n) is 7.69. The van der Waals surface area contributed by atoms with Gasteiger partial charge in [0.2, 0.25) is 0 Å². The van der Waals surface area contributed by atoms with Crippen LogP contribution in [-0.2, 0) is 4.74 Å². The first kappa shape index (κ1) is 8.74. The smallest absolute Gasteiger partial charge is 0.342 e. The van der Waals surface area contributed by atoms with E-state index in [9.17, 15) is 4.79 Å². The van der Waals surface area contributed by atoms with Gasteiger partial charge in [-0.1, -0.05) is 0 Å². The Bertz CT molecular complexity index is 461. The van der Waals surface area contributed by atoms with E-state index in [2.05, 4.69) is 4.98 Å². The Kier molecular flexibility index (Phi) is 2.18. The number of carbonyl (C=O) groups is 1. The molecular formula is C10H9NO3. The van der Waals surface area contributed by atoms with Crippen LogP contribution in [0.3, 0.4) is 0 Å². The first-order chi connectivity index (χ1) is 6.83. The highest BCUT2D eigenvalue weighted by molar-refractivity contribution is 6.02. The van der Waals surface area contributed by atoms with Gasteiger partial charge in [-0.2, -0.15) is 0 Å². The molecule has 0 atom stereocenters. The van der Waals surface area contributed by atoms with Crippen molar-refractivity contribution in [2.45, 2.75) is 6.92 Å². The molecule has 0 fully saturated rings. The second-order valence-corrected chi connectivity index (χ2v) is 2.74. The molecule has 0 aromatic carbocycles. The normalized spacial score (nSPS) is 10.4. The summed E-state index contributed by atoms with van der Waals surface area (Å²) in [7, 11) is 0. The number of carbonyl (C=O) groups excluding carboxylic acids is 1. The van der Waals surface area contributed by atoms with Crippen LogP contribution in [0.5, 0.6) is 0 Å². The standard InChI is InChI=1S/C10H9NO3/c1-2-13-10(12)8-6-14-9-5-11-4-3-7(8)9/h3-6H,2H2,1H3. The van der Waals surface area contributed by atoms with Crippen molar-refractivity contribution in [3.8, 4) is 0 Å². The third-order valence-electron chi connectivity index (χ3n) is 1.87. The Balaban J connectivity index is 2.47. The second kappa shape index (κ2) is 3.49. The maximum absolute atomic E-state index is 11.4. The molecular weight excluding hydrogens is 182 g/mol. The predicted octanol–water partition coefficient (Wildman–Crippen LogP) is 2.00. The maximum Gasteiger partial charge on any atom is 0.342 e. The fraction of sp³-hybridized carbons (Fsp3) is 0.200. The molecule has 0 saturated heterocycles. The Morgan fingerprint density at radius 3 is 3.29 bits per heavy atom. The summed E-state index contributed by atoms with van der Waals surface area (Å²) in [5.41, 5.74) is 1.04. The van der Waals surface area contributed by atoms with Crippen molar-refractivity contribution in [2.24, 2.45) is 0 Å². The zero-order valence-corrected chi connectivity index (χ0v) is 7.69. The fourth-order valence-corrected chi connectivity index (χ4v) is 1.25. The first-order valence-corrected chi connectivity index (χ1v) is 4.31. The van der Waals surface area contributed by atoms with Gasteiger partial charge in [0.25, 0.3) is 0 Å². The van der Waals surface area contributed by atoms with E-state index < -0.39 is 0 Å². The highest BCUT2D eigenvalue weighted by Crippen LogP contribution is 2.20. The number of furan rings is 1. The van der Waals surface area contributed by atoms with Crippen LogP contribution in [0, 0.1) is 0 Å². The monoisotopic (exact) mass is 191 g/mol. The van der Waals surface area contributed by atoms with E-state index in [0.29, 0.717) is 17.8 Å². The molecule has 0 aliphatic heterocycles. The van der Waals surface area contributed by atoms with Crippen LogP contribution in [-0.4, -0.2) is 17.6 Å². The van der Waals surface area contributed by atoms with Crippen LogP contribution in [0.1, 0.15) is 17.3 Å². The summed E-state index contributed by atoms with van der Waals surface area (Å²) in [4.78, 5) is 15.3. The van der Waals surface area contributed by atoms with E-state index in [1.54, 1.807) is 25.4 Å². The molecule has 0 bridgehead atoms. The van der Waals surface area contributed by atoms with E-state index in [1.165, 1.54) is 6.26 Å². The molecule has 0 N–H and O–H groups in total. The number of fused-ring (bicyclic) bond motifs is 1. The van der Waals surface area contributed by atoms with Crippen molar-refractivity contribution < 1.29 is 13.9 Å². The molecule has 2 heterocycles. The third kappa shape index (κ3) is 1.35. The number of hydrogen-bond acceptors (Lipinski definition) is 4. The summed E-state index contributed by atoms with van der Waals surface area (Å²) in [6.07, 6.45) is 4.57. The number of aromatic nitrogens is 1. The molecule has 72 valence electrons. The number of nitrogens with zero attached hydrogens (tertiary/aromatic N) is 1. The van der Waals surface area contributed by atoms with Gasteiger partial charge in [-0.25, -0.2) is 4.79 Å². The minimum Gasteiger partial charge on any atom is -0.462 e. The van der Waals surface area contributed by atoms with Crippen molar-refractivity contribution in [1.82, 2.24) is 4.98 Å². The summed E-state index contributed by atoms with van der Waals surface area (Å²) < 4.78 is 10.0. The fourth-order valence-electron chi connectivity index (χ4n) is 1.25. The van der Waals surface area contributed by atoms with Gasteiger partial charge in [0.1, 0.15) is 11.8 Å². The minimum atomic E-state index is -0.363. The number of hydrogen-bond donors (Lipinski definition) is 0. The van der Waals surface area contributed by atoms with Crippen molar-refractivity contribution in [3.05, 3.63) is 30.3 Å². The average Bonchev–Trinajstić information content (AvgIpc) is 2.61. The van der Waals surface area contributed by atoms with Gasteiger partial charge in [-0.05, 0) is 13.0 Å². The summed E-state index contributed by atoms with van der Waals surface area (Å²) in [6, 6.07) is 1.73. The zero-order chi connectivity index (χ0) is 9.97. The number of esters is 1. The predicted molar refractivity (Wildman–Crippen MR) is 50.0 cm³/mol. The lowest BCUT2D eigenvalue weighted by Gasteiger charge is -1.97. The lowest BCUT2D eigenvalue weighted by molar-refractivity contribution is 0.0527. The lowest BCUT2D eigenvalue weighted by atomic mass is 10.2. The highest BCUT2D eigenvalue weighted by Gasteiger charge is 2.13. The molecule has 4 nitrogen and oxygen atoms in total. The van der Waals surface area contributed by atoms with Crippen LogP contribution >= 0.6 is 0 Å². The average molecular weight is 191 g/mol. The number of pyridine rings is 1. The Hall–Kier alpha value is -1.84. The van der Waals surface area contributed by atoms with E-state index in [-0.39, 0.29) is 5.97 Å². The summed E-state index contributed by atoms with van der Waals surface area (Å²) >= 11 is 0. The summed E-state index contributed by atoms with van der Waals surface area (Å²) in [5, 5.41) is 0.735. The largest absolute Gasteiger partial charge is 0.462 e. The van der Waals surface area contributed by atoms with Gasteiger partial charge in [0.05, 0.1) is 12.8 Å². The van der Waals surface area contributed by atoms with Crippen LogP contribution in [0.25, 0.3) is 11.0 Å². The molecule has 14 heavy (non-hydrogen) atoms. The van der Waals surface area contributed by atoms with Crippen molar-refractivity contribution in [2.75, 3.05) is 6.61 Å². The topological polar surface area (TPSA) is 52.3 Å². The summed E-state index contributed by atoms with van der Waals surface area (Å²) in [5.74, 6) is -0.363. The van der Waals surface area contributed by atoms with Crippen LogP contribution in [0.2, 0.25) is 0 Å². The van der Waals surface area contributed by atoms with Gasteiger partial charge in [0, 0.05) is 11.6 Å². The minimum absolute atomic E-state index is 0.358. The summed E-state index contributed by atoms with van der Waals surface area (Å²) in [6.45, 7) is 2.12. The highest BCUT2D eigenvalue weighted by atomic mass is 16.5. The molecule has 4 heteroatoms. The molecule has 2 rings (SSSR count). The van der Waals surface area contributed by atoms with Crippen molar-refractivity contribution >= 4 is 16.9 Å². The Morgan fingerprint density at radius 1 is 1.64 bits per heavy atom. The SMILES string of the molecule is CCOC(=O)c1coc2cnccc12. The molecule has 0 radical (unpaired) electrons. The Morgan fingerprint density at radius 2 is 2.50 bits per heavy atom. The molecule has 0 aliphatic rings. The molecule has 2 aromatic rings. The van der Waals surface area contributed by atoms with Gasteiger partial charge in [-0.3, -0.25) is 4.98 Å². The van der Waals surface area contributed by atoms with Crippen LogP contribution in [0.4, 0.5) is 0 Å². The first-order valence-electron chi connectivity index (χ1n) is 4.31. The van der Waals surface area contributed by atoms with Gasteiger partial charge >= 0.3 is 5.97 Å². The number of rotatable bonds is 2. The molecule has 0 amide bonds. The van der Waals surface area contributed by atoms with E-state index in [0.717, 1.165) is 5.39 Å². The molecule has 0 aliphatic carbocycles. The quantitative estimate of drug-likeness (QED) is 0.681. The third-order valence-corrected chi connectivity index (χ3v) is 1.87. The lowest BCUT2D eigenvalue weighted by Crippen LogP contribution is -2.03. The van der Waals surface area contributed by atoms with Crippen molar-refractivity contribution in [1.29, 1.82) is 0 Å². The molecule has 0 spiro atoms. The van der Waals surface area contributed by atoms with E-state index in [4.69, 9.17) is 9.15 Å². The van der Waals surface area contributed by atoms with Crippen LogP contribution < -0.4 is 0 Å². The van der Waals surface area contributed by atoms with E-state index in [1.807, 2.05) is 0 Å². The van der Waals surface area contributed by atoms with E-state index >= 15 is 0 Å². The van der Waals surface area contributed by atoms with Crippen LogP contribution in [0.15, 0.2) is 29.1 Å². The molecule has 2 aromatic heterocycles. The molecule has 0 unspecified atom stereocenters. The van der Waals surface area contributed by atoms with Gasteiger partial charge in [-0.15, -0.1) is 0 Å². The van der Waals surface area contributed by atoms with Gasteiger partial charge in [0.15, 0.2) is 5.58 Å². The number of ether oxygens (including phenoxy) is 1. The molecule has 0 saturated carbocycles. The van der Waals surface area contributed by atoms with Gasteiger partial charge < -0.3 is 9.15 Å². The Labute approximate surface area is 80.5 Å².